The van der Waals surface area contributed by atoms with E-state index in [4.69, 9.17) is 10.5 Å². The van der Waals surface area contributed by atoms with Gasteiger partial charge in [-0.1, -0.05) is 53.7 Å². The molecule has 1 aromatic carbocycles. The van der Waals surface area contributed by atoms with Gasteiger partial charge in [0.2, 0.25) is 0 Å². The zero-order valence-corrected chi connectivity index (χ0v) is 16.1. The second-order valence-electron chi connectivity index (χ2n) is 7.64. The van der Waals surface area contributed by atoms with Crippen molar-refractivity contribution < 1.29 is 9.53 Å². The van der Waals surface area contributed by atoms with Crippen LogP contribution < -0.4 is 15.8 Å². The van der Waals surface area contributed by atoms with Crippen LogP contribution >= 0.6 is 0 Å². The van der Waals surface area contributed by atoms with E-state index in [9.17, 15) is 4.79 Å². The molecule has 0 aliphatic carbocycles. The Bertz CT molecular complexity index is 551. The number of benzene rings is 1. The molecule has 0 bridgehead atoms. The van der Waals surface area contributed by atoms with Crippen molar-refractivity contribution in [2.45, 2.75) is 71.6 Å². The second-order valence-corrected chi connectivity index (χ2v) is 7.64. The second kappa shape index (κ2) is 8.41. The summed E-state index contributed by atoms with van der Waals surface area (Å²) >= 11 is 0. The van der Waals surface area contributed by atoms with Gasteiger partial charge in [-0.05, 0) is 41.7 Å². The molecule has 24 heavy (non-hydrogen) atoms. The summed E-state index contributed by atoms with van der Waals surface area (Å²) in [6.45, 7) is 14.5. The average Bonchev–Trinajstić information content (AvgIpc) is 2.54. The third-order valence-corrected chi connectivity index (χ3v) is 5.12. The highest BCUT2D eigenvalue weighted by atomic mass is 16.5. The van der Waals surface area contributed by atoms with Gasteiger partial charge in [-0.3, -0.25) is 0 Å². The summed E-state index contributed by atoms with van der Waals surface area (Å²) in [5, 5.41) is 2.47. The molecular weight excluding hydrogens is 300 g/mol. The molecule has 2 N–H and O–H groups in total. The molecule has 1 radical (unpaired) electrons. The van der Waals surface area contributed by atoms with Gasteiger partial charge < -0.3 is 10.1 Å². The summed E-state index contributed by atoms with van der Waals surface area (Å²) in [7, 11) is 0. The lowest BCUT2D eigenvalue weighted by Crippen LogP contribution is -2.25. The van der Waals surface area contributed by atoms with Crippen molar-refractivity contribution in [2.75, 3.05) is 13.2 Å². The summed E-state index contributed by atoms with van der Waals surface area (Å²) in [5.41, 5.74) is 9.61. The van der Waals surface area contributed by atoms with Crippen LogP contribution in [0.5, 0.6) is 5.75 Å². The number of amides is 2. The average molecular weight is 333 g/mol. The number of rotatable bonds is 9. The number of ether oxygens (including phenoxy) is 1. The first-order chi connectivity index (χ1) is 11.1. The van der Waals surface area contributed by atoms with Crippen LogP contribution in [0.3, 0.4) is 0 Å². The van der Waals surface area contributed by atoms with Gasteiger partial charge in [-0.15, -0.1) is 0 Å². The van der Waals surface area contributed by atoms with E-state index >= 15 is 0 Å². The summed E-state index contributed by atoms with van der Waals surface area (Å²) in [6, 6.07) is 5.81. The monoisotopic (exact) mass is 333 g/mol. The van der Waals surface area contributed by atoms with Crippen molar-refractivity contribution in [1.29, 1.82) is 0 Å². The van der Waals surface area contributed by atoms with E-state index in [1.165, 1.54) is 11.1 Å². The highest BCUT2D eigenvalue weighted by Gasteiger charge is 2.26. The van der Waals surface area contributed by atoms with Crippen molar-refractivity contribution in [3.63, 3.8) is 0 Å². The molecule has 0 spiro atoms. The number of carbonyl (C=O) groups is 1. The molecule has 4 nitrogen and oxygen atoms in total. The Morgan fingerprint density at radius 1 is 1.12 bits per heavy atom. The van der Waals surface area contributed by atoms with Crippen LogP contribution in [0.2, 0.25) is 0 Å². The summed E-state index contributed by atoms with van der Waals surface area (Å²) in [6.07, 6.45) is 2.82. The van der Waals surface area contributed by atoms with Crippen LogP contribution in [0.1, 0.15) is 71.9 Å². The molecule has 1 rings (SSSR count). The Kier molecular flexibility index (Phi) is 7.12. The molecule has 4 heteroatoms. The van der Waals surface area contributed by atoms with Gasteiger partial charge in [-0.2, -0.15) is 0 Å². The van der Waals surface area contributed by atoms with Crippen LogP contribution in [0, 0.1) is 0 Å². The maximum absolute atomic E-state index is 10.6. The maximum Gasteiger partial charge on any atom is 0.333 e. The smallest absolute Gasteiger partial charge is 0.333 e. The van der Waals surface area contributed by atoms with Crippen molar-refractivity contribution in [3.05, 3.63) is 29.3 Å². The normalized spacial score (nSPS) is 12.1. The number of nitrogens with one attached hydrogen (secondary N) is 2. The molecule has 0 atom stereocenters. The Hall–Kier alpha value is -1.71. The molecule has 0 saturated heterocycles. The minimum absolute atomic E-state index is 0.0462. The van der Waals surface area contributed by atoms with Crippen molar-refractivity contribution in [2.24, 2.45) is 0 Å². The predicted molar refractivity (Wildman–Crippen MR) is 99.7 cm³/mol. The lowest BCUT2D eigenvalue weighted by Gasteiger charge is -2.30. The Morgan fingerprint density at radius 2 is 1.75 bits per heavy atom. The maximum atomic E-state index is 10.6. The highest BCUT2D eigenvalue weighted by Crippen LogP contribution is 2.38. The number of hydrogen-bond donors (Lipinski definition) is 1. The van der Waals surface area contributed by atoms with Gasteiger partial charge in [0.05, 0.1) is 6.61 Å². The zero-order chi connectivity index (χ0) is 18.4. The van der Waals surface area contributed by atoms with Gasteiger partial charge >= 0.3 is 6.03 Å². The van der Waals surface area contributed by atoms with Crippen LogP contribution in [-0.4, -0.2) is 19.2 Å². The van der Waals surface area contributed by atoms with Gasteiger partial charge in [0.15, 0.2) is 0 Å². The Morgan fingerprint density at radius 3 is 2.29 bits per heavy atom. The summed E-state index contributed by atoms with van der Waals surface area (Å²) < 4.78 is 6.00. The lowest BCUT2D eigenvalue weighted by atomic mass is 9.76. The topological polar surface area (TPSA) is 62.1 Å². The largest absolute Gasteiger partial charge is 0.493 e. The van der Waals surface area contributed by atoms with Gasteiger partial charge in [0.1, 0.15) is 5.75 Å². The summed E-state index contributed by atoms with van der Waals surface area (Å²) in [4.78, 5) is 10.6. The standard InChI is InChI=1S/C20H33N2O2/c1-7-19(3,4)15-10-11-17(16(14-15)20(5,6)8-2)24-13-9-12-22-18(21)23/h10-11,14,21H,7-9,12-13H2,1-6H3,(H,22,23). The van der Waals surface area contributed by atoms with Crippen LogP contribution in [0.15, 0.2) is 18.2 Å². The predicted octanol–water partition coefficient (Wildman–Crippen LogP) is 4.82. The quantitative estimate of drug-likeness (QED) is 0.658. The SMILES string of the molecule is CCC(C)(C)c1ccc(OCCCNC([NH])=O)c(C(C)(C)CC)c1. The fourth-order valence-corrected chi connectivity index (χ4v) is 2.46. The molecule has 0 aromatic heterocycles. The Labute approximate surface area is 147 Å². The van der Waals surface area contributed by atoms with E-state index in [0.29, 0.717) is 19.6 Å². The third-order valence-electron chi connectivity index (χ3n) is 5.12. The van der Waals surface area contributed by atoms with Crippen LogP contribution in [-0.2, 0) is 10.8 Å². The summed E-state index contributed by atoms with van der Waals surface area (Å²) in [5.74, 6) is 0.926. The van der Waals surface area contributed by atoms with Crippen molar-refractivity contribution in [3.8, 4) is 5.75 Å². The van der Waals surface area contributed by atoms with Crippen molar-refractivity contribution in [1.82, 2.24) is 11.1 Å². The molecule has 1 aromatic rings. The fourth-order valence-electron chi connectivity index (χ4n) is 2.46. The fraction of sp³-hybridized carbons (Fsp3) is 0.650. The first kappa shape index (κ1) is 20.3. The number of urea groups is 1. The van der Waals surface area contributed by atoms with E-state index in [2.05, 4.69) is 65.1 Å². The van der Waals surface area contributed by atoms with E-state index < -0.39 is 6.03 Å². The van der Waals surface area contributed by atoms with Gasteiger partial charge in [0, 0.05) is 12.1 Å². The lowest BCUT2D eigenvalue weighted by molar-refractivity contribution is 0.245. The van der Waals surface area contributed by atoms with Gasteiger partial charge in [0.25, 0.3) is 0 Å². The number of carbonyl (C=O) groups excluding carboxylic acids is 1. The molecular formula is C20H33N2O2. The minimum atomic E-state index is -0.742. The first-order valence-corrected chi connectivity index (χ1v) is 8.91. The molecule has 0 aliphatic rings. The zero-order valence-electron chi connectivity index (χ0n) is 16.1. The molecule has 2 amide bonds. The van der Waals surface area contributed by atoms with Crippen molar-refractivity contribution >= 4 is 6.03 Å². The van der Waals surface area contributed by atoms with Gasteiger partial charge in [-0.25, -0.2) is 10.5 Å². The van der Waals surface area contributed by atoms with E-state index in [0.717, 1.165) is 18.6 Å². The van der Waals surface area contributed by atoms with Crippen LogP contribution in [0.4, 0.5) is 4.79 Å². The molecule has 0 heterocycles. The number of hydrogen-bond acceptors (Lipinski definition) is 2. The third kappa shape index (κ3) is 5.43. The Balaban J connectivity index is 2.96. The molecule has 135 valence electrons. The highest BCUT2D eigenvalue weighted by molar-refractivity contribution is 5.70. The first-order valence-electron chi connectivity index (χ1n) is 8.91. The van der Waals surface area contributed by atoms with Crippen LogP contribution in [0.25, 0.3) is 0 Å². The van der Waals surface area contributed by atoms with E-state index in [-0.39, 0.29) is 10.8 Å². The molecule has 0 saturated carbocycles. The molecule has 0 aliphatic heterocycles. The molecule has 0 fully saturated rings. The molecule has 0 unspecified atom stereocenters. The minimum Gasteiger partial charge on any atom is -0.493 e. The van der Waals surface area contributed by atoms with E-state index in [1.807, 2.05) is 0 Å². The van der Waals surface area contributed by atoms with E-state index in [1.54, 1.807) is 0 Å².